The van der Waals surface area contributed by atoms with Crippen LogP contribution in [-0.2, 0) is 4.79 Å². The van der Waals surface area contributed by atoms with Crippen molar-refractivity contribution in [2.75, 3.05) is 11.4 Å². The third-order valence-electron chi connectivity index (χ3n) is 3.75. The molecule has 2 heterocycles. The number of aromatic amines is 1. The van der Waals surface area contributed by atoms with Crippen LogP contribution in [0.1, 0.15) is 17.4 Å². The molecule has 0 bridgehead atoms. The Kier molecular flexibility index (Phi) is 3.69. The average Bonchev–Trinajstić information content (AvgIpc) is 3.13. The van der Waals surface area contributed by atoms with Crippen molar-refractivity contribution < 1.29 is 18.8 Å². The van der Waals surface area contributed by atoms with Gasteiger partial charge in [-0.2, -0.15) is 0 Å². The summed E-state index contributed by atoms with van der Waals surface area (Å²) in [6.45, 7) is 1.24. The van der Waals surface area contributed by atoms with Gasteiger partial charge in [-0.3, -0.25) is 19.4 Å². The van der Waals surface area contributed by atoms with Gasteiger partial charge in [0.25, 0.3) is 5.91 Å². The molecule has 3 rings (SSSR count). The van der Waals surface area contributed by atoms with Crippen LogP contribution in [0.25, 0.3) is 0 Å². The molecule has 118 valence electrons. The summed E-state index contributed by atoms with van der Waals surface area (Å²) in [5, 5.41) is 0. The Labute approximate surface area is 131 Å². The maximum absolute atomic E-state index is 13.0. The molecule has 6 nitrogen and oxygen atoms in total. The second-order valence-electron chi connectivity index (χ2n) is 5.24. The quantitative estimate of drug-likeness (QED) is 0.694. The fourth-order valence-electron chi connectivity index (χ4n) is 2.54. The molecule has 0 radical (unpaired) electrons. The molecule has 0 unspecified atom stereocenters. The lowest BCUT2D eigenvalue weighted by Gasteiger charge is -2.19. The molecule has 1 atom stereocenters. The lowest BCUT2D eigenvalue weighted by Crippen LogP contribution is -2.37. The van der Waals surface area contributed by atoms with E-state index in [2.05, 4.69) is 4.98 Å². The van der Waals surface area contributed by atoms with E-state index >= 15 is 0 Å². The van der Waals surface area contributed by atoms with Crippen molar-refractivity contribution in [2.24, 2.45) is 0 Å². The highest BCUT2D eigenvalue weighted by molar-refractivity contribution is 6.16. The first-order valence-electron chi connectivity index (χ1n) is 7.06. The first-order valence-corrected chi connectivity index (χ1v) is 7.06. The van der Waals surface area contributed by atoms with Crippen LogP contribution < -0.4 is 4.90 Å². The van der Waals surface area contributed by atoms with Crippen LogP contribution >= 0.6 is 0 Å². The molecule has 1 saturated heterocycles. The largest absolute Gasteiger partial charge is 0.359 e. The number of hydrogen-bond acceptors (Lipinski definition) is 3. The Morgan fingerprint density at radius 2 is 1.91 bits per heavy atom. The zero-order valence-electron chi connectivity index (χ0n) is 12.3. The monoisotopic (exact) mass is 315 g/mol. The van der Waals surface area contributed by atoms with Crippen LogP contribution in [0.5, 0.6) is 0 Å². The summed E-state index contributed by atoms with van der Waals surface area (Å²) < 4.78 is 13.0. The first-order chi connectivity index (χ1) is 11.0. The zero-order valence-corrected chi connectivity index (χ0v) is 12.3. The van der Waals surface area contributed by atoms with Gasteiger partial charge in [0.15, 0.2) is 5.78 Å². The summed E-state index contributed by atoms with van der Waals surface area (Å²) in [6.07, 6.45) is 1.59. The summed E-state index contributed by atoms with van der Waals surface area (Å²) in [7, 11) is 0. The predicted octanol–water partition coefficient (Wildman–Crippen LogP) is 2.19. The van der Waals surface area contributed by atoms with Crippen LogP contribution in [0, 0.1) is 5.82 Å². The van der Waals surface area contributed by atoms with Crippen LogP contribution in [0.4, 0.5) is 14.9 Å². The molecule has 1 aliphatic heterocycles. The number of amides is 3. The molecule has 23 heavy (non-hydrogen) atoms. The normalized spacial score (nSPS) is 17.9. The molecule has 1 N–H and O–H groups in total. The van der Waals surface area contributed by atoms with E-state index in [0.29, 0.717) is 11.4 Å². The average molecular weight is 315 g/mol. The second-order valence-corrected chi connectivity index (χ2v) is 5.24. The Bertz CT molecular complexity index is 755. The topological polar surface area (TPSA) is 73.5 Å². The van der Waals surface area contributed by atoms with Crippen molar-refractivity contribution in [1.29, 1.82) is 0 Å². The summed E-state index contributed by atoms with van der Waals surface area (Å²) in [5.41, 5.74) is 0.741. The third-order valence-corrected chi connectivity index (χ3v) is 3.75. The van der Waals surface area contributed by atoms with E-state index in [1.54, 1.807) is 25.3 Å². The SMILES string of the molecule is C[C@H]1C(=O)N(CC(=O)c2ccc[nH]2)C(=O)N1c1ccc(F)cc1. The first kappa shape index (κ1) is 15.0. The number of aromatic nitrogens is 1. The molecule has 1 aromatic carbocycles. The summed E-state index contributed by atoms with van der Waals surface area (Å²) in [4.78, 5) is 41.8. The number of rotatable bonds is 4. The lowest BCUT2D eigenvalue weighted by atomic mass is 10.2. The van der Waals surface area contributed by atoms with Gasteiger partial charge in [-0.25, -0.2) is 9.18 Å². The van der Waals surface area contributed by atoms with E-state index in [-0.39, 0.29) is 12.3 Å². The van der Waals surface area contributed by atoms with Gasteiger partial charge in [0.1, 0.15) is 11.9 Å². The van der Waals surface area contributed by atoms with Gasteiger partial charge in [-0.05, 0) is 43.3 Å². The van der Waals surface area contributed by atoms with Crippen molar-refractivity contribution in [2.45, 2.75) is 13.0 Å². The molecule has 1 aliphatic rings. The minimum Gasteiger partial charge on any atom is -0.359 e. The number of anilines is 1. The Morgan fingerprint density at radius 3 is 2.52 bits per heavy atom. The number of H-pyrrole nitrogens is 1. The van der Waals surface area contributed by atoms with Crippen LogP contribution in [0.3, 0.4) is 0 Å². The Morgan fingerprint density at radius 1 is 1.22 bits per heavy atom. The summed E-state index contributed by atoms with van der Waals surface area (Å²) in [6, 6.07) is 7.18. The number of hydrogen-bond donors (Lipinski definition) is 1. The van der Waals surface area contributed by atoms with Crippen molar-refractivity contribution in [1.82, 2.24) is 9.88 Å². The number of Topliss-reactive ketones (excluding diaryl/α,β-unsaturated/α-hetero) is 1. The number of halogens is 1. The molecule has 0 spiro atoms. The van der Waals surface area contributed by atoms with Gasteiger partial charge in [0.05, 0.1) is 12.2 Å². The molecule has 1 aromatic heterocycles. The van der Waals surface area contributed by atoms with Gasteiger partial charge in [0.2, 0.25) is 0 Å². The van der Waals surface area contributed by atoms with Crippen molar-refractivity contribution in [3.8, 4) is 0 Å². The maximum Gasteiger partial charge on any atom is 0.332 e. The van der Waals surface area contributed by atoms with Gasteiger partial charge in [-0.1, -0.05) is 0 Å². The molecule has 2 aromatic rings. The fraction of sp³-hybridized carbons (Fsp3) is 0.188. The van der Waals surface area contributed by atoms with E-state index in [4.69, 9.17) is 0 Å². The fourth-order valence-corrected chi connectivity index (χ4v) is 2.54. The molecule has 0 aliphatic carbocycles. The van der Waals surface area contributed by atoms with Gasteiger partial charge in [-0.15, -0.1) is 0 Å². The van der Waals surface area contributed by atoms with Gasteiger partial charge >= 0.3 is 6.03 Å². The second kappa shape index (κ2) is 5.68. The maximum atomic E-state index is 13.0. The number of benzene rings is 1. The smallest absolute Gasteiger partial charge is 0.332 e. The van der Waals surface area contributed by atoms with Crippen LogP contribution in [-0.4, -0.2) is 40.2 Å². The zero-order chi connectivity index (χ0) is 16.6. The lowest BCUT2D eigenvalue weighted by molar-refractivity contribution is -0.126. The van der Waals surface area contributed by atoms with Crippen molar-refractivity contribution in [3.63, 3.8) is 0 Å². The van der Waals surface area contributed by atoms with E-state index in [1.165, 1.54) is 29.2 Å². The minimum atomic E-state index is -0.746. The number of carbonyl (C=O) groups is 3. The van der Waals surface area contributed by atoms with Crippen LogP contribution in [0.2, 0.25) is 0 Å². The molecule has 1 fully saturated rings. The molecular weight excluding hydrogens is 301 g/mol. The number of ketones is 1. The number of carbonyl (C=O) groups excluding carboxylic acids is 3. The number of urea groups is 1. The molecular formula is C16H14FN3O3. The Balaban J connectivity index is 1.83. The number of nitrogens with zero attached hydrogens (tertiary/aromatic N) is 2. The molecule has 7 heteroatoms. The highest BCUT2D eigenvalue weighted by atomic mass is 19.1. The van der Waals surface area contributed by atoms with Gasteiger partial charge < -0.3 is 4.98 Å². The standard InChI is InChI=1S/C16H14FN3O3/c1-10-15(22)19(9-14(21)13-3-2-8-18-13)16(23)20(10)12-6-4-11(17)5-7-12/h2-8,10,18H,9H2,1H3/t10-/m0/s1. The minimum absolute atomic E-state index is 0.332. The Hall–Kier alpha value is -2.96. The van der Waals surface area contributed by atoms with E-state index in [0.717, 1.165) is 4.90 Å². The van der Waals surface area contributed by atoms with Crippen molar-refractivity contribution in [3.05, 3.63) is 54.1 Å². The third kappa shape index (κ3) is 2.61. The summed E-state index contributed by atoms with van der Waals surface area (Å²) in [5.74, 6) is -1.25. The number of nitrogens with one attached hydrogen (secondary N) is 1. The van der Waals surface area contributed by atoms with Crippen LogP contribution in [0.15, 0.2) is 42.6 Å². The highest BCUT2D eigenvalue weighted by Crippen LogP contribution is 2.26. The van der Waals surface area contributed by atoms with E-state index in [1.807, 2.05) is 0 Å². The molecule has 0 saturated carbocycles. The highest BCUT2D eigenvalue weighted by Gasteiger charge is 2.44. The van der Waals surface area contributed by atoms with Crippen molar-refractivity contribution >= 4 is 23.4 Å². The predicted molar refractivity (Wildman–Crippen MR) is 80.6 cm³/mol. The van der Waals surface area contributed by atoms with E-state index in [9.17, 15) is 18.8 Å². The molecule has 3 amide bonds. The van der Waals surface area contributed by atoms with E-state index < -0.39 is 23.8 Å². The summed E-state index contributed by atoms with van der Waals surface area (Å²) >= 11 is 0. The number of imide groups is 1. The van der Waals surface area contributed by atoms with Gasteiger partial charge in [0, 0.05) is 11.9 Å².